The first kappa shape index (κ1) is 15.1. The molecule has 0 aromatic heterocycles. The molecular weight excluding hydrogens is 251 g/mol. The molecule has 0 spiro atoms. The molecule has 16 heavy (non-hydrogen) atoms. The molecule has 0 aliphatic carbocycles. The van der Waals surface area contributed by atoms with Gasteiger partial charge in [-0.15, -0.1) is 0 Å². The number of rotatable bonds is 1. The largest absolute Gasteiger partial charge is 1.00 e. The standard InChI is InChI=1S/C6H3N2O5S.Na.H2O/c9-8(10)4-1-2-5-6(3-4)13-14(11,12)7-5;;/h1-3H;;1H2/q-1;+1;. The van der Waals surface area contributed by atoms with E-state index in [1.807, 2.05) is 0 Å². The number of nitro groups is 1. The van der Waals surface area contributed by atoms with Crippen molar-refractivity contribution in [3.8, 4) is 5.75 Å². The van der Waals surface area contributed by atoms with Crippen molar-refractivity contribution in [1.29, 1.82) is 0 Å². The van der Waals surface area contributed by atoms with Crippen LogP contribution in [0.3, 0.4) is 0 Å². The van der Waals surface area contributed by atoms with Gasteiger partial charge in [0, 0.05) is 6.07 Å². The number of benzene rings is 1. The third kappa shape index (κ3) is 2.83. The van der Waals surface area contributed by atoms with Crippen molar-refractivity contribution in [2.75, 3.05) is 0 Å². The van der Waals surface area contributed by atoms with Crippen LogP contribution in [0.2, 0.25) is 0 Å². The van der Waals surface area contributed by atoms with E-state index in [1.165, 1.54) is 6.07 Å². The van der Waals surface area contributed by atoms with E-state index in [2.05, 4.69) is 8.91 Å². The Hall–Kier alpha value is -0.870. The minimum atomic E-state index is -3.95. The molecule has 10 heteroatoms. The van der Waals surface area contributed by atoms with Crippen molar-refractivity contribution in [3.63, 3.8) is 0 Å². The Morgan fingerprint density at radius 2 is 2.00 bits per heavy atom. The van der Waals surface area contributed by atoms with Crippen LogP contribution >= 0.6 is 0 Å². The SMILES string of the molecule is O.O=[N+]([O-])c1ccc2c(c1)OS(=O)(=O)[N-]2.[Na+]. The van der Waals surface area contributed by atoms with Crippen molar-refractivity contribution in [2.45, 2.75) is 0 Å². The molecule has 0 saturated heterocycles. The summed E-state index contributed by atoms with van der Waals surface area (Å²) in [7, 11) is -3.95. The first-order valence-corrected chi connectivity index (χ1v) is 4.80. The average molecular weight is 256 g/mol. The number of nitro benzene ring substituents is 1. The molecule has 0 atom stereocenters. The maximum atomic E-state index is 10.8. The normalized spacial score (nSPS) is 14.5. The topological polar surface area (TPSA) is 132 Å². The van der Waals surface area contributed by atoms with E-state index in [-0.39, 0.29) is 52.2 Å². The van der Waals surface area contributed by atoms with Crippen molar-refractivity contribution in [1.82, 2.24) is 0 Å². The zero-order chi connectivity index (χ0) is 10.3. The van der Waals surface area contributed by atoms with Crippen LogP contribution < -0.4 is 33.7 Å². The van der Waals surface area contributed by atoms with Crippen molar-refractivity contribution < 1.29 is 52.6 Å². The summed E-state index contributed by atoms with van der Waals surface area (Å²) in [5.74, 6) is -0.112. The Bertz CT molecular complexity index is 516. The first-order valence-electron chi connectivity index (χ1n) is 3.44. The number of nitrogens with zero attached hydrogens (tertiary/aromatic N) is 2. The van der Waals surface area contributed by atoms with Crippen LogP contribution in [-0.2, 0) is 10.3 Å². The van der Waals surface area contributed by atoms with Gasteiger partial charge in [-0.1, -0.05) is 11.8 Å². The molecule has 0 fully saturated rings. The molecule has 1 aromatic rings. The fraction of sp³-hybridized carbons (Fsp3) is 0. The van der Waals surface area contributed by atoms with Crippen molar-refractivity contribution in [2.24, 2.45) is 0 Å². The number of hydrogen-bond donors (Lipinski definition) is 0. The summed E-state index contributed by atoms with van der Waals surface area (Å²) in [5.41, 5.74) is -0.161. The Balaban J connectivity index is 0.00000112. The molecule has 0 unspecified atom stereocenters. The van der Waals surface area contributed by atoms with Crippen molar-refractivity contribution in [3.05, 3.63) is 33.0 Å². The van der Waals surface area contributed by atoms with Crippen LogP contribution in [0.1, 0.15) is 0 Å². The van der Waals surface area contributed by atoms with Gasteiger partial charge in [-0.05, 0) is 0 Å². The van der Waals surface area contributed by atoms with Gasteiger partial charge in [-0.25, -0.2) is 8.42 Å². The van der Waals surface area contributed by atoms with E-state index in [4.69, 9.17) is 0 Å². The summed E-state index contributed by atoms with van der Waals surface area (Å²) < 4.78 is 29.2. The van der Waals surface area contributed by atoms with Gasteiger partial charge in [0.15, 0.2) is 0 Å². The second kappa shape index (κ2) is 4.97. The van der Waals surface area contributed by atoms with Gasteiger partial charge in [0.1, 0.15) is 5.75 Å². The van der Waals surface area contributed by atoms with E-state index in [9.17, 15) is 18.5 Å². The molecule has 2 rings (SSSR count). The van der Waals surface area contributed by atoms with E-state index < -0.39 is 15.2 Å². The van der Waals surface area contributed by atoms with Gasteiger partial charge < -0.3 is 14.4 Å². The molecule has 0 radical (unpaired) electrons. The predicted octanol–water partition coefficient (Wildman–Crippen LogP) is -2.58. The maximum Gasteiger partial charge on any atom is 1.00 e. The van der Waals surface area contributed by atoms with E-state index in [0.29, 0.717) is 0 Å². The van der Waals surface area contributed by atoms with Gasteiger partial charge >= 0.3 is 29.6 Å². The molecule has 1 aliphatic heterocycles. The molecule has 2 N–H and O–H groups in total. The molecule has 1 aromatic carbocycles. The van der Waals surface area contributed by atoms with Crippen LogP contribution in [-0.4, -0.2) is 18.8 Å². The van der Waals surface area contributed by atoms with Crippen LogP contribution in [0.4, 0.5) is 11.4 Å². The molecule has 0 saturated carbocycles. The van der Waals surface area contributed by atoms with Crippen LogP contribution in [0.5, 0.6) is 5.75 Å². The van der Waals surface area contributed by atoms with Crippen molar-refractivity contribution >= 4 is 21.7 Å². The van der Waals surface area contributed by atoms with Gasteiger partial charge in [0.2, 0.25) is 0 Å². The minimum Gasteiger partial charge on any atom is -0.540 e. The van der Waals surface area contributed by atoms with E-state index >= 15 is 0 Å². The maximum absolute atomic E-state index is 10.8. The Kier molecular flexibility index (Phi) is 4.70. The molecule has 0 bridgehead atoms. The summed E-state index contributed by atoms with van der Waals surface area (Å²) in [6.45, 7) is 0. The molecule has 8 nitrogen and oxygen atoms in total. The Morgan fingerprint density at radius 3 is 2.56 bits per heavy atom. The number of fused-ring (bicyclic) bond motifs is 1. The minimum absolute atomic E-state index is 0. The molecule has 82 valence electrons. The second-order valence-electron chi connectivity index (χ2n) is 2.51. The quantitative estimate of drug-likeness (QED) is 0.309. The Morgan fingerprint density at radius 1 is 1.38 bits per heavy atom. The zero-order valence-electron chi connectivity index (χ0n) is 8.08. The molecule has 1 aliphatic rings. The molecular formula is C6H5N2NaO6S. The smallest absolute Gasteiger partial charge is 0.540 e. The van der Waals surface area contributed by atoms with E-state index in [1.54, 1.807) is 0 Å². The summed E-state index contributed by atoms with van der Waals surface area (Å²) in [6.07, 6.45) is 0. The second-order valence-corrected chi connectivity index (χ2v) is 3.72. The fourth-order valence-corrected chi connectivity index (χ4v) is 1.80. The summed E-state index contributed by atoms with van der Waals surface area (Å²) in [5, 5.41) is 10.3. The molecule has 0 amide bonds. The van der Waals surface area contributed by atoms with Crippen LogP contribution in [0, 0.1) is 10.1 Å². The number of hydrogen-bond acceptors (Lipinski definition) is 5. The predicted molar refractivity (Wildman–Crippen MR) is 49.3 cm³/mol. The van der Waals surface area contributed by atoms with Crippen LogP contribution in [0.15, 0.2) is 18.2 Å². The zero-order valence-corrected chi connectivity index (χ0v) is 10.9. The van der Waals surface area contributed by atoms with Gasteiger partial charge in [-0.2, -0.15) is 0 Å². The molecule has 1 heterocycles. The van der Waals surface area contributed by atoms with E-state index in [0.717, 1.165) is 12.1 Å². The third-order valence-electron chi connectivity index (χ3n) is 1.56. The third-order valence-corrected chi connectivity index (χ3v) is 2.37. The van der Waals surface area contributed by atoms with Gasteiger partial charge in [0.25, 0.3) is 16.0 Å². The first-order chi connectivity index (χ1) is 6.48. The summed E-state index contributed by atoms with van der Waals surface area (Å²) in [4.78, 5) is 9.69. The summed E-state index contributed by atoms with van der Waals surface area (Å²) >= 11 is 0. The summed E-state index contributed by atoms with van der Waals surface area (Å²) in [6, 6.07) is 3.40. The van der Waals surface area contributed by atoms with Gasteiger partial charge in [-0.3, -0.25) is 10.1 Å². The fourth-order valence-electron chi connectivity index (χ4n) is 1.01. The Labute approximate surface area is 113 Å². The average Bonchev–Trinajstić information content (AvgIpc) is 2.36. The monoisotopic (exact) mass is 256 g/mol. The number of non-ortho nitro benzene ring substituents is 1. The van der Waals surface area contributed by atoms with Crippen LogP contribution in [0.25, 0.3) is 4.72 Å². The van der Waals surface area contributed by atoms with Gasteiger partial charge in [0.05, 0.1) is 11.0 Å².